The fourth-order valence-corrected chi connectivity index (χ4v) is 2.88. The zero-order chi connectivity index (χ0) is 11.0. The second-order valence-electron chi connectivity index (χ2n) is 4.97. The van der Waals surface area contributed by atoms with Crippen molar-refractivity contribution in [2.24, 2.45) is 11.8 Å². The van der Waals surface area contributed by atoms with Gasteiger partial charge in [-0.1, -0.05) is 31.2 Å². The Kier molecular flexibility index (Phi) is 2.98. The molecule has 84 valence electrons. The summed E-state index contributed by atoms with van der Waals surface area (Å²) in [5, 5.41) is 9.42. The quantitative estimate of drug-likeness (QED) is 0.721. The van der Waals surface area contributed by atoms with Gasteiger partial charge in [-0.05, 0) is 25.7 Å². The van der Waals surface area contributed by atoms with Gasteiger partial charge >= 0.3 is 0 Å². The molecule has 2 bridgehead atoms. The van der Waals surface area contributed by atoms with E-state index in [4.69, 9.17) is 4.74 Å². The lowest BCUT2D eigenvalue weighted by Crippen LogP contribution is -2.35. The van der Waals surface area contributed by atoms with E-state index in [0.29, 0.717) is 11.8 Å². The van der Waals surface area contributed by atoms with Gasteiger partial charge in [0.25, 0.3) is 0 Å². The van der Waals surface area contributed by atoms with E-state index in [1.807, 2.05) is 6.92 Å². The minimum atomic E-state index is -0.240. The van der Waals surface area contributed by atoms with Crippen LogP contribution in [0.5, 0.6) is 0 Å². The van der Waals surface area contributed by atoms with Crippen molar-refractivity contribution in [3.63, 3.8) is 0 Å². The van der Waals surface area contributed by atoms with Crippen LogP contribution in [-0.4, -0.2) is 23.4 Å². The molecule has 0 aromatic rings. The highest BCUT2D eigenvalue weighted by Crippen LogP contribution is 2.40. The average molecular weight is 208 g/mol. The molecule has 0 radical (unpaired) electrons. The zero-order valence-corrected chi connectivity index (χ0v) is 9.52. The number of aliphatic hydroxyl groups excluding tert-OH is 1. The Morgan fingerprint density at radius 2 is 2.27 bits per heavy atom. The first-order valence-electron chi connectivity index (χ1n) is 5.77. The summed E-state index contributed by atoms with van der Waals surface area (Å²) in [7, 11) is 0. The Hall–Kier alpha value is -0.600. The Morgan fingerprint density at radius 3 is 2.93 bits per heavy atom. The van der Waals surface area contributed by atoms with Crippen LogP contribution >= 0.6 is 0 Å². The van der Waals surface area contributed by atoms with Crippen molar-refractivity contribution >= 4 is 0 Å². The summed E-state index contributed by atoms with van der Waals surface area (Å²) in [6.45, 7) is 8.19. The van der Waals surface area contributed by atoms with Crippen molar-refractivity contribution in [3.05, 3.63) is 24.3 Å². The second-order valence-corrected chi connectivity index (χ2v) is 4.97. The maximum absolute atomic E-state index is 9.42. The van der Waals surface area contributed by atoms with E-state index in [2.05, 4.69) is 25.7 Å². The van der Waals surface area contributed by atoms with E-state index in [1.54, 1.807) is 0 Å². The third-order valence-electron chi connectivity index (χ3n) is 3.46. The number of hydrogen-bond acceptors (Lipinski definition) is 2. The van der Waals surface area contributed by atoms with Crippen LogP contribution < -0.4 is 0 Å². The summed E-state index contributed by atoms with van der Waals surface area (Å²) in [6.07, 6.45) is 6.29. The lowest BCUT2D eigenvalue weighted by atomic mass is 9.78. The van der Waals surface area contributed by atoms with Crippen LogP contribution in [0.1, 0.15) is 26.7 Å². The largest absolute Gasteiger partial charge is 0.393 e. The molecule has 2 rings (SSSR count). The van der Waals surface area contributed by atoms with Gasteiger partial charge < -0.3 is 9.84 Å². The lowest BCUT2D eigenvalue weighted by Gasteiger charge is -2.36. The molecule has 2 aliphatic rings. The van der Waals surface area contributed by atoms with Gasteiger partial charge in [-0.2, -0.15) is 0 Å². The van der Waals surface area contributed by atoms with E-state index < -0.39 is 0 Å². The molecule has 0 unspecified atom stereocenters. The summed E-state index contributed by atoms with van der Waals surface area (Å²) in [6, 6.07) is 0. The maximum atomic E-state index is 9.42. The minimum Gasteiger partial charge on any atom is -0.393 e. The molecule has 2 nitrogen and oxygen atoms in total. The van der Waals surface area contributed by atoms with Gasteiger partial charge in [-0.3, -0.25) is 0 Å². The Morgan fingerprint density at radius 1 is 1.53 bits per heavy atom. The first kappa shape index (κ1) is 10.9. The van der Waals surface area contributed by atoms with Gasteiger partial charge in [0.05, 0.1) is 18.3 Å². The predicted octanol–water partition coefficient (Wildman–Crippen LogP) is 2.29. The molecule has 2 heterocycles. The highest BCUT2D eigenvalue weighted by atomic mass is 16.5. The molecule has 1 N–H and O–H groups in total. The Balaban J connectivity index is 2.06. The van der Waals surface area contributed by atoms with Crippen molar-refractivity contribution in [2.45, 2.75) is 45.0 Å². The molecule has 0 aromatic heterocycles. The standard InChI is InChI=1S/C13H20O2/c1-8(6-10(3)14)13-9(2)7-11-4-5-12(13)15-11/h4-5,8,10-14H,2,6-7H2,1,3H3/t8-,10-,11-,12+,13+/m0/s1. The van der Waals surface area contributed by atoms with Gasteiger partial charge in [0.1, 0.15) is 0 Å². The molecule has 0 spiro atoms. The smallest absolute Gasteiger partial charge is 0.0832 e. The molecule has 5 atom stereocenters. The van der Waals surface area contributed by atoms with Gasteiger partial charge in [-0.25, -0.2) is 0 Å². The second kappa shape index (κ2) is 4.11. The average Bonchev–Trinajstić information content (AvgIpc) is 2.46. The molecule has 0 aliphatic carbocycles. The molecule has 0 aromatic carbocycles. The lowest BCUT2D eigenvalue weighted by molar-refractivity contribution is -0.0116. The van der Waals surface area contributed by atoms with Crippen molar-refractivity contribution in [3.8, 4) is 0 Å². The number of fused-ring (bicyclic) bond motifs is 2. The third-order valence-corrected chi connectivity index (χ3v) is 3.46. The van der Waals surface area contributed by atoms with Gasteiger partial charge in [0.2, 0.25) is 0 Å². The van der Waals surface area contributed by atoms with Crippen LogP contribution in [0, 0.1) is 11.8 Å². The van der Waals surface area contributed by atoms with Crippen molar-refractivity contribution in [1.29, 1.82) is 0 Å². The highest BCUT2D eigenvalue weighted by molar-refractivity contribution is 5.21. The molecule has 1 fully saturated rings. The summed E-state index contributed by atoms with van der Waals surface area (Å²) in [5.74, 6) is 0.820. The summed E-state index contributed by atoms with van der Waals surface area (Å²) in [5.41, 5.74) is 1.29. The Bertz CT molecular complexity index is 280. The van der Waals surface area contributed by atoms with Crippen LogP contribution in [0.4, 0.5) is 0 Å². The monoisotopic (exact) mass is 208 g/mol. The molecule has 15 heavy (non-hydrogen) atoms. The van der Waals surface area contributed by atoms with Crippen LogP contribution in [0.15, 0.2) is 24.3 Å². The summed E-state index contributed by atoms with van der Waals surface area (Å²) in [4.78, 5) is 0. The first-order chi connectivity index (χ1) is 7.08. The van der Waals surface area contributed by atoms with E-state index in [-0.39, 0.29) is 18.3 Å². The summed E-state index contributed by atoms with van der Waals surface area (Å²) < 4.78 is 5.83. The number of hydrogen-bond donors (Lipinski definition) is 1. The first-order valence-corrected chi connectivity index (χ1v) is 5.77. The zero-order valence-electron chi connectivity index (χ0n) is 9.52. The topological polar surface area (TPSA) is 29.5 Å². The van der Waals surface area contributed by atoms with E-state index in [9.17, 15) is 5.11 Å². The molecular formula is C13H20O2. The normalized spacial score (nSPS) is 38.1. The predicted molar refractivity (Wildman–Crippen MR) is 60.5 cm³/mol. The fraction of sp³-hybridized carbons (Fsp3) is 0.692. The molecular weight excluding hydrogens is 188 g/mol. The molecule has 2 aliphatic heterocycles. The van der Waals surface area contributed by atoms with E-state index in [0.717, 1.165) is 12.8 Å². The van der Waals surface area contributed by atoms with Crippen molar-refractivity contribution < 1.29 is 9.84 Å². The van der Waals surface area contributed by atoms with Crippen LogP contribution in [0.25, 0.3) is 0 Å². The molecule has 0 amide bonds. The van der Waals surface area contributed by atoms with Gasteiger partial charge in [0, 0.05) is 5.92 Å². The summed E-state index contributed by atoms with van der Waals surface area (Å²) >= 11 is 0. The number of aliphatic hydroxyl groups is 1. The SMILES string of the molecule is C=C1C[C@@H]2C=C[C@@H](O2)[C@@H]1[C@@H](C)C[C@H](C)O. The van der Waals surface area contributed by atoms with E-state index in [1.165, 1.54) is 5.57 Å². The number of ether oxygens (including phenoxy) is 1. The fourth-order valence-electron chi connectivity index (χ4n) is 2.88. The number of rotatable bonds is 3. The highest BCUT2D eigenvalue weighted by Gasteiger charge is 2.38. The van der Waals surface area contributed by atoms with Gasteiger partial charge in [-0.15, -0.1) is 0 Å². The van der Waals surface area contributed by atoms with Crippen LogP contribution in [-0.2, 0) is 4.74 Å². The Labute approximate surface area is 91.6 Å². The third kappa shape index (κ3) is 2.16. The molecule has 0 saturated carbocycles. The van der Waals surface area contributed by atoms with Crippen LogP contribution in [0.2, 0.25) is 0 Å². The van der Waals surface area contributed by atoms with Gasteiger partial charge in [0.15, 0.2) is 0 Å². The van der Waals surface area contributed by atoms with Crippen molar-refractivity contribution in [2.75, 3.05) is 0 Å². The maximum Gasteiger partial charge on any atom is 0.0832 e. The van der Waals surface area contributed by atoms with E-state index >= 15 is 0 Å². The van der Waals surface area contributed by atoms with Crippen molar-refractivity contribution in [1.82, 2.24) is 0 Å². The minimum absolute atomic E-state index is 0.199. The molecule has 2 heteroatoms. The van der Waals surface area contributed by atoms with Crippen LogP contribution in [0.3, 0.4) is 0 Å². The molecule has 1 saturated heterocycles.